The fourth-order valence-corrected chi connectivity index (χ4v) is 1.24. The third-order valence-corrected chi connectivity index (χ3v) is 2.65. The Balaban J connectivity index is 4.66. The Hall–Kier alpha value is -0.340. The van der Waals surface area contributed by atoms with Gasteiger partial charge in [0.05, 0.1) is 12.2 Å². The van der Waals surface area contributed by atoms with Crippen LogP contribution < -0.4 is 0 Å². The van der Waals surface area contributed by atoms with Gasteiger partial charge in [-0.05, 0) is 26.7 Å². The first-order chi connectivity index (χ1) is 5.82. The fraction of sp³-hybridized carbons (Fsp3) is 0.818. The molecule has 2 unspecified atom stereocenters. The molecule has 0 spiro atoms. The molecule has 0 aliphatic heterocycles. The molecule has 0 aromatic rings. The van der Waals surface area contributed by atoms with Gasteiger partial charge in [0.2, 0.25) is 0 Å². The van der Waals surface area contributed by atoms with Gasteiger partial charge in [-0.2, -0.15) is 0 Å². The van der Waals surface area contributed by atoms with E-state index in [1.54, 1.807) is 6.92 Å². The summed E-state index contributed by atoms with van der Waals surface area (Å²) in [5, 5.41) is 19.3. The molecule has 0 heterocycles. The van der Waals surface area contributed by atoms with E-state index in [9.17, 15) is 5.11 Å². The lowest BCUT2D eigenvalue weighted by Crippen LogP contribution is -2.40. The predicted molar refractivity (Wildman–Crippen MR) is 55.5 cm³/mol. The van der Waals surface area contributed by atoms with Gasteiger partial charge in [0.1, 0.15) is 0 Å². The molecule has 0 aliphatic rings. The van der Waals surface area contributed by atoms with E-state index in [1.165, 1.54) is 0 Å². The molecule has 0 saturated heterocycles. The number of rotatable bonds is 4. The van der Waals surface area contributed by atoms with Crippen LogP contribution in [0.4, 0.5) is 0 Å². The normalized spacial score (nSPS) is 18.2. The van der Waals surface area contributed by atoms with Gasteiger partial charge in [0.15, 0.2) is 0 Å². The van der Waals surface area contributed by atoms with Crippen molar-refractivity contribution in [2.75, 3.05) is 6.61 Å². The minimum absolute atomic E-state index is 0.00361. The van der Waals surface area contributed by atoms with E-state index < -0.39 is 5.60 Å². The maximum atomic E-state index is 10.1. The van der Waals surface area contributed by atoms with Crippen molar-refractivity contribution in [3.8, 4) is 0 Å². The van der Waals surface area contributed by atoms with Gasteiger partial charge in [-0.3, -0.25) is 0 Å². The van der Waals surface area contributed by atoms with Gasteiger partial charge in [0.25, 0.3) is 0 Å². The van der Waals surface area contributed by atoms with Gasteiger partial charge in [-0.25, -0.2) is 0 Å². The van der Waals surface area contributed by atoms with Gasteiger partial charge < -0.3 is 10.2 Å². The van der Waals surface area contributed by atoms with Crippen molar-refractivity contribution in [3.05, 3.63) is 11.6 Å². The van der Waals surface area contributed by atoms with Gasteiger partial charge in [0, 0.05) is 5.92 Å². The topological polar surface area (TPSA) is 40.5 Å². The summed E-state index contributed by atoms with van der Waals surface area (Å²) < 4.78 is 0. The second-order valence-electron chi connectivity index (χ2n) is 4.41. The van der Waals surface area contributed by atoms with E-state index in [0.717, 1.165) is 5.57 Å². The molecule has 2 atom stereocenters. The highest BCUT2D eigenvalue weighted by Gasteiger charge is 2.32. The zero-order chi connectivity index (χ0) is 10.6. The standard InChI is InChI=1S/C11H22O2/c1-8(2)6-10(7-12)11(5,13)9(3)4/h6,9-10,12-13H,7H2,1-5H3. The van der Waals surface area contributed by atoms with Crippen LogP contribution in [0, 0.1) is 11.8 Å². The Morgan fingerprint density at radius 1 is 1.38 bits per heavy atom. The fourth-order valence-electron chi connectivity index (χ4n) is 1.24. The van der Waals surface area contributed by atoms with Crippen LogP contribution in [-0.4, -0.2) is 22.4 Å². The molecular weight excluding hydrogens is 164 g/mol. The van der Waals surface area contributed by atoms with Crippen LogP contribution in [0.3, 0.4) is 0 Å². The van der Waals surface area contributed by atoms with Crippen molar-refractivity contribution in [1.29, 1.82) is 0 Å². The zero-order valence-electron chi connectivity index (χ0n) is 9.33. The van der Waals surface area contributed by atoms with E-state index in [4.69, 9.17) is 5.11 Å². The third kappa shape index (κ3) is 3.49. The maximum Gasteiger partial charge on any atom is 0.0726 e. The summed E-state index contributed by atoms with van der Waals surface area (Å²) in [6, 6.07) is 0. The second-order valence-corrected chi connectivity index (χ2v) is 4.41. The van der Waals surface area contributed by atoms with E-state index in [2.05, 4.69) is 0 Å². The highest BCUT2D eigenvalue weighted by Crippen LogP contribution is 2.27. The van der Waals surface area contributed by atoms with Crippen LogP contribution in [0.5, 0.6) is 0 Å². The minimum atomic E-state index is -0.827. The van der Waals surface area contributed by atoms with Crippen molar-refractivity contribution in [3.63, 3.8) is 0 Å². The second kappa shape index (κ2) is 4.77. The minimum Gasteiger partial charge on any atom is -0.396 e. The Bertz CT molecular complexity index is 177. The van der Waals surface area contributed by atoms with Gasteiger partial charge >= 0.3 is 0 Å². The molecule has 0 aliphatic carbocycles. The molecule has 0 bridgehead atoms. The van der Waals surface area contributed by atoms with Crippen LogP contribution in [-0.2, 0) is 0 Å². The largest absolute Gasteiger partial charge is 0.396 e. The summed E-state index contributed by atoms with van der Waals surface area (Å²) in [4.78, 5) is 0. The smallest absolute Gasteiger partial charge is 0.0726 e. The Labute approximate surface area is 81.3 Å². The molecular formula is C11H22O2. The first-order valence-electron chi connectivity index (χ1n) is 4.80. The lowest BCUT2D eigenvalue weighted by Gasteiger charge is -2.34. The van der Waals surface area contributed by atoms with E-state index >= 15 is 0 Å². The van der Waals surface area contributed by atoms with Crippen molar-refractivity contribution in [2.45, 2.75) is 40.2 Å². The SMILES string of the molecule is CC(C)=CC(CO)C(C)(O)C(C)C. The summed E-state index contributed by atoms with van der Waals surface area (Å²) in [5.74, 6) is -0.0299. The van der Waals surface area contributed by atoms with Crippen LogP contribution in [0.1, 0.15) is 34.6 Å². The zero-order valence-corrected chi connectivity index (χ0v) is 9.33. The number of aliphatic hydroxyl groups is 2. The van der Waals surface area contributed by atoms with E-state index in [1.807, 2.05) is 33.8 Å². The summed E-state index contributed by atoms with van der Waals surface area (Å²) in [6.07, 6.45) is 1.93. The molecule has 78 valence electrons. The Morgan fingerprint density at radius 2 is 1.85 bits per heavy atom. The summed E-state index contributed by atoms with van der Waals surface area (Å²) >= 11 is 0. The lowest BCUT2D eigenvalue weighted by molar-refractivity contribution is -0.0419. The highest BCUT2D eigenvalue weighted by atomic mass is 16.3. The van der Waals surface area contributed by atoms with Crippen LogP contribution in [0.25, 0.3) is 0 Å². The third-order valence-electron chi connectivity index (χ3n) is 2.65. The maximum absolute atomic E-state index is 10.1. The van der Waals surface area contributed by atoms with E-state index in [0.29, 0.717) is 0 Å². The van der Waals surface area contributed by atoms with Crippen LogP contribution >= 0.6 is 0 Å². The van der Waals surface area contributed by atoms with Crippen molar-refractivity contribution in [2.24, 2.45) is 11.8 Å². The molecule has 2 N–H and O–H groups in total. The summed E-state index contributed by atoms with van der Waals surface area (Å²) in [6.45, 7) is 9.63. The first kappa shape index (κ1) is 12.7. The van der Waals surface area contributed by atoms with Gasteiger partial charge in [-0.1, -0.05) is 25.5 Å². The van der Waals surface area contributed by atoms with Crippen LogP contribution in [0.2, 0.25) is 0 Å². The quantitative estimate of drug-likeness (QED) is 0.659. The molecule has 2 nitrogen and oxygen atoms in total. The molecule has 0 rings (SSSR count). The average Bonchev–Trinajstić information content (AvgIpc) is 1.99. The summed E-state index contributed by atoms with van der Waals surface area (Å²) in [7, 11) is 0. The Morgan fingerprint density at radius 3 is 2.08 bits per heavy atom. The first-order valence-corrected chi connectivity index (χ1v) is 4.80. The molecule has 13 heavy (non-hydrogen) atoms. The van der Waals surface area contributed by atoms with Crippen molar-refractivity contribution in [1.82, 2.24) is 0 Å². The van der Waals surface area contributed by atoms with Gasteiger partial charge in [-0.15, -0.1) is 0 Å². The number of hydrogen-bond acceptors (Lipinski definition) is 2. The Kier molecular flexibility index (Phi) is 4.65. The molecule has 0 aromatic heterocycles. The molecule has 0 fully saturated rings. The summed E-state index contributed by atoms with van der Waals surface area (Å²) in [5.41, 5.74) is 0.298. The number of allylic oxidation sites excluding steroid dienone is 1. The average molecular weight is 186 g/mol. The number of hydrogen-bond donors (Lipinski definition) is 2. The monoisotopic (exact) mass is 186 g/mol. The van der Waals surface area contributed by atoms with E-state index in [-0.39, 0.29) is 18.4 Å². The van der Waals surface area contributed by atoms with Crippen molar-refractivity contribution < 1.29 is 10.2 Å². The van der Waals surface area contributed by atoms with Crippen LogP contribution in [0.15, 0.2) is 11.6 Å². The molecule has 0 aromatic carbocycles. The molecule has 2 heteroatoms. The highest BCUT2D eigenvalue weighted by molar-refractivity contribution is 5.04. The lowest BCUT2D eigenvalue weighted by atomic mass is 9.80. The number of aliphatic hydroxyl groups excluding tert-OH is 1. The molecule has 0 saturated carbocycles. The van der Waals surface area contributed by atoms with Crippen molar-refractivity contribution >= 4 is 0 Å². The molecule has 0 radical (unpaired) electrons. The molecule has 0 amide bonds. The predicted octanol–water partition coefficient (Wildman–Crippen LogP) is 1.97.